The van der Waals surface area contributed by atoms with Crippen molar-refractivity contribution in [2.75, 3.05) is 19.6 Å². The van der Waals surface area contributed by atoms with Crippen LogP contribution in [0.2, 0.25) is 0 Å². The number of thiophene rings is 1. The number of nitrogens with one attached hydrogen (secondary N) is 3. The van der Waals surface area contributed by atoms with Gasteiger partial charge in [0.25, 0.3) is 5.91 Å². The number of amides is 2. The van der Waals surface area contributed by atoms with E-state index >= 15 is 0 Å². The minimum absolute atomic E-state index is 0.115. The van der Waals surface area contributed by atoms with Crippen molar-refractivity contribution in [2.45, 2.75) is 31.3 Å². The van der Waals surface area contributed by atoms with E-state index < -0.39 is 6.04 Å². The van der Waals surface area contributed by atoms with Crippen LogP contribution >= 0.6 is 11.3 Å². The lowest BCUT2D eigenvalue weighted by Crippen LogP contribution is -2.49. The van der Waals surface area contributed by atoms with Gasteiger partial charge in [0.2, 0.25) is 5.91 Å². The quantitative estimate of drug-likeness (QED) is 0.325. The lowest BCUT2D eigenvalue weighted by atomic mass is 10.0. The van der Waals surface area contributed by atoms with Crippen molar-refractivity contribution >= 4 is 34.1 Å². The Hall–Kier alpha value is -3.42. The first-order valence-electron chi connectivity index (χ1n) is 12.1. The van der Waals surface area contributed by atoms with Crippen LogP contribution in [0.5, 0.6) is 0 Å². The molecule has 0 aliphatic carbocycles. The van der Waals surface area contributed by atoms with Gasteiger partial charge in [0.1, 0.15) is 6.04 Å². The zero-order valence-corrected chi connectivity index (χ0v) is 20.4. The molecule has 0 saturated carbocycles. The third-order valence-electron chi connectivity index (χ3n) is 6.70. The molecule has 2 aromatic carbocycles. The lowest BCUT2D eigenvalue weighted by Gasteiger charge is -2.29. The second-order valence-electron chi connectivity index (χ2n) is 8.98. The highest BCUT2D eigenvalue weighted by Crippen LogP contribution is 2.25. The Morgan fingerprint density at radius 1 is 0.971 bits per heavy atom. The predicted octanol–water partition coefficient (Wildman–Crippen LogP) is 4.52. The van der Waals surface area contributed by atoms with Crippen LogP contribution in [0.4, 0.5) is 0 Å². The van der Waals surface area contributed by atoms with Gasteiger partial charge in [-0.25, -0.2) is 0 Å². The van der Waals surface area contributed by atoms with Gasteiger partial charge >= 0.3 is 0 Å². The molecular weight excluding hydrogens is 456 g/mol. The Balaban J connectivity index is 1.34. The molecule has 2 atom stereocenters. The molecule has 7 heteroatoms. The number of nitrogens with zero attached hydrogens (tertiary/aromatic N) is 1. The van der Waals surface area contributed by atoms with E-state index in [0.29, 0.717) is 17.8 Å². The Labute approximate surface area is 209 Å². The van der Waals surface area contributed by atoms with E-state index in [1.54, 1.807) is 6.07 Å². The predicted molar refractivity (Wildman–Crippen MR) is 141 cm³/mol. The minimum Gasteiger partial charge on any atom is -0.361 e. The van der Waals surface area contributed by atoms with Gasteiger partial charge in [0, 0.05) is 30.1 Å². The van der Waals surface area contributed by atoms with Crippen LogP contribution in [0, 0.1) is 0 Å². The van der Waals surface area contributed by atoms with Gasteiger partial charge in [0.15, 0.2) is 0 Å². The van der Waals surface area contributed by atoms with Gasteiger partial charge in [0.05, 0.1) is 10.9 Å². The number of rotatable bonds is 9. The topological polar surface area (TPSA) is 77.2 Å². The second kappa shape index (κ2) is 10.9. The van der Waals surface area contributed by atoms with Crippen LogP contribution < -0.4 is 10.6 Å². The number of hydrogen-bond acceptors (Lipinski definition) is 4. The summed E-state index contributed by atoms with van der Waals surface area (Å²) in [5.74, 6) is -0.389. The molecule has 6 nitrogen and oxygen atoms in total. The maximum absolute atomic E-state index is 13.5. The third-order valence-corrected chi connectivity index (χ3v) is 7.57. The molecule has 2 aromatic heterocycles. The van der Waals surface area contributed by atoms with Crippen molar-refractivity contribution in [1.29, 1.82) is 0 Å². The van der Waals surface area contributed by atoms with Crippen molar-refractivity contribution in [2.24, 2.45) is 0 Å². The Kier molecular flexibility index (Phi) is 7.25. The van der Waals surface area contributed by atoms with Crippen molar-refractivity contribution < 1.29 is 9.59 Å². The number of carbonyl (C=O) groups excluding carboxylic acids is 2. The monoisotopic (exact) mass is 486 g/mol. The molecule has 35 heavy (non-hydrogen) atoms. The molecule has 0 bridgehead atoms. The summed E-state index contributed by atoms with van der Waals surface area (Å²) in [5, 5.41) is 9.08. The van der Waals surface area contributed by atoms with E-state index in [1.807, 2.05) is 60.1 Å². The largest absolute Gasteiger partial charge is 0.361 e. The van der Waals surface area contributed by atoms with Gasteiger partial charge in [-0.1, -0.05) is 54.6 Å². The van der Waals surface area contributed by atoms with Crippen LogP contribution in [0.15, 0.2) is 78.3 Å². The molecule has 0 radical (unpaired) electrons. The van der Waals surface area contributed by atoms with Gasteiger partial charge in [-0.15, -0.1) is 11.3 Å². The number of fused-ring (bicyclic) bond motifs is 1. The van der Waals surface area contributed by atoms with Crippen LogP contribution in [0.3, 0.4) is 0 Å². The average Bonchev–Trinajstić information content (AvgIpc) is 3.67. The zero-order valence-electron chi connectivity index (χ0n) is 19.6. The second-order valence-corrected chi connectivity index (χ2v) is 9.93. The molecule has 4 aromatic rings. The van der Waals surface area contributed by atoms with E-state index in [-0.39, 0.29) is 17.9 Å². The van der Waals surface area contributed by atoms with E-state index in [9.17, 15) is 9.59 Å². The number of likely N-dealkylation sites (tertiary alicyclic amines) is 1. The molecule has 0 unspecified atom stereocenters. The normalized spacial score (nSPS) is 15.7. The van der Waals surface area contributed by atoms with Crippen LogP contribution in [0.25, 0.3) is 10.9 Å². The molecule has 5 rings (SSSR count). The highest BCUT2D eigenvalue weighted by Gasteiger charge is 2.27. The van der Waals surface area contributed by atoms with E-state index in [4.69, 9.17) is 0 Å². The van der Waals surface area contributed by atoms with E-state index in [1.165, 1.54) is 29.7 Å². The Morgan fingerprint density at radius 2 is 1.74 bits per heavy atom. The fourth-order valence-electron chi connectivity index (χ4n) is 4.87. The summed E-state index contributed by atoms with van der Waals surface area (Å²) in [6, 6.07) is 21.4. The summed E-state index contributed by atoms with van der Waals surface area (Å²) >= 11 is 1.37. The summed E-state index contributed by atoms with van der Waals surface area (Å²) in [6.45, 7) is 2.56. The van der Waals surface area contributed by atoms with Crippen molar-refractivity contribution in [3.05, 3.63) is 94.3 Å². The molecular formula is C28H30N4O2S. The number of carbonyl (C=O) groups is 2. The third kappa shape index (κ3) is 5.47. The fraction of sp³-hybridized carbons (Fsp3) is 0.286. The van der Waals surface area contributed by atoms with E-state index in [0.717, 1.165) is 29.6 Å². The average molecular weight is 487 g/mol. The highest BCUT2D eigenvalue weighted by atomic mass is 32.1. The number of aromatic amines is 1. The Morgan fingerprint density at radius 3 is 2.51 bits per heavy atom. The summed E-state index contributed by atoms with van der Waals surface area (Å²) in [4.78, 5) is 32.7. The van der Waals surface area contributed by atoms with Gasteiger partial charge in [-0.3, -0.25) is 14.5 Å². The number of H-pyrrole nitrogens is 1. The number of hydrogen-bond donors (Lipinski definition) is 3. The summed E-state index contributed by atoms with van der Waals surface area (Å²) in [5.41, 5.74) is 3.22. The van der Waals surface area contributed by atoms with Crippen LogP contribution in [0.1, 0.15) is 39.7 Å². The van der Waals surface area contributed by atoms with Crippen molar-refractivity contribution in [3.8, 4) is 0 Å². The maximum atomic E-state index is 13.5. The molecule has 1 aliphatic rings. The first kappa shape index (κ1) is 23.3. The smallest absolute Gasteiger partial charge is 0.262 e. The standard InChI is InChI=1S/C28H30N4O2S/c33-27(30-19-25(32-14-6-7-15-32)20-9-2-1-3-10-20)24(31-28(34)26-13-8-16-35-26)17-21-18-29-23-12-5-4-11-22(21)23/h1-5,8-13,16,18,24-25,29H,6-7,14-15,17,19H2,(H,30,33)(H,31,34)/t24-,25-/m1/s1. The molecule has 1 saturated heterocycles. The Bertz CT molecular complexity index is 1260. The van der Waals surface area contributed by atoms with Crippen LogP contribution in [-0.4, -0.2) is 47.4 Å². The SMILES string of the molecule is O=C(N[C@H](Cc1c[nH]c2ccccc12)C(=O)NC[C@H](c1ccccc1)N1CCCC1)c1cccs1. The number of aromatic nitrogens is 1. The molecule has 180 valence electrons. The van der Waals surface area contributed by atoms with Gasteiger partial charge in [-0.05, 0) is 54.6 Å². The van der Waals surface area contributed by atoms with Gasteiger partial charge in [-0.2, -0.15) is 0 Å². The molecule has 1 fully saturated rings. The number of benzene rings is 2. The van der Waals surface area contributed by atoms with Gasteiger partial charge < -0.3 is 15.6 Å². The van der Waals surface area contributed by atoms with Crippen LogP contribution in [-0.2, 0) is 11.2 Å². The van der Waals surface area contributed by atoms with Crippen molar-refractivity contribution in [1.82, 2.24) is 20.5 Å². The first-order chi connectivity index (χ1) is 17.2. The fourth-order valence-corrected chi connectivity index (χ4v) is 5.50. The molecule has 1 aliphatic heterocycles. The molecule has 3 heterocycles. The lowest BCUT2D eigenvalue weighted by molar-refractivity contribution is -0.123. The summed E-state index contributed by atoms with van der Waals surface area (Å²) < 4.78 is 0. The number of para-hydroxylation sites is 1. The summed E-state index contributed by atoms with van der Waals surface area (Å²) in [7, 11) is 0. The summed E-state index contributed by atoms with van der Waals surface area (Å²) in [6.07, 6.45) is 4.70. The molecule has 2 amide bonds. The first-order valence-corrected chi connectivity index (χ1v) is 13.0. The maximum Gasteiger partial charge on any atom is 0.262 e. The molecule has 0 spiro atoms. The molecule has 3 N–H and O–H groups in total. The van der Waals surface area contributed by atoms with E-state index in [2.05, 4.69) is 32.7 Å². The zero-order chi connectivity index (χ0) is 24.0. The minimum atomic E-state index is -0.682. The van der Waals surface area contributed by atoms with Crippen molar-refractivity contribution in [3.63, 3.8) is 0 Å². The highest BCUT2D eigenvalue weighted by molar-refractivity contribution is 7.12.